The van der Waals surface area contributed by atoms with Crippen molar-refractivity contribution in [3.63, 3.8) is 0 Å². The quantitative estimate of drug-likeness (QED) is 0.725. The first kappa shape index (κ1) is 9.53. The van der Waals surface area contributed by atoms with Crippen LogP contribution in [0.3, 0.4) is 0 Å². The van der Waals surface area contributed by atoms with Crippen LogP contribution in [-0.4, -0.2) is 10.4 Å². The van der Waals surface area contributed by atoms with E-state index in [0.29, 0.717) is 0 Å². The van der Waals surface area contributed by atoms with Gasteiger partial charge in [-0.05, 0) is 25.5 Å². The third-order valence-corrected chi connectivity index (χ3v) is 2.31. The van der Waals surface area contributed by atoms with Crippen molar-refractivity contribution in [3.8, 4) is 0 Å². The SMILES string of the molecule is CC(Cl)CCc1nc2ccccc2o1. The first-order chi connectivity index (χ1) is 6.75. The van der Waals surface area contributed by atoms with E-state index in [1.165, 1.54) is 0 Å². The highest BCUT2D eigenvalue weighted by molar-refractivity contribution is 6.20. The molecule has 0 amide bonds. The van der Waals surface area contributed by atoms with E-state index < -0.39 is 0 Å². The molecule has 0 bridgehead atoms. The summed E-state index contributed by atoms with van der Waals surface area (Å²) in [6, 6.07) is 7.78. The van der Waals surface area contributed by atoms with Gasteiger partial charge in [0.2, 0.25) is 0 Å². The fourth-order valence-corrected chi connectivity index (χ4v) is 1.46. The molecule has 0 spiro atoms. The number of aryl methyl sites for hydroxylation is 1. The lowest BCUT2D eigenvalue weighted by atomic mass is 10.2. The summed E-state index contributed by atoms with van der Waals surface area (Å²) >= 11 is 5.86. The predicted molar refractivity (Wildman–Crippen MR) is 57.6 cm³/mol. The van der Waals surface area contributed by atoms with Crippen LogP contribution in [0.1, 0.15) is 19.2 Å². The fourth-order valence-electron chi connectivity index (χ4n) is 1.35. The smallest absolute Gasteiger partial charge is 0.195 e. The summed E-state index contributed by atoms with van der Waals surface area (Å²) in [6.45, 7) is 1.98. The lowest BCUT2D eigenvalue weighted by Gasteiger charge is -1.97. The van der Waals surface area contributed by atoms with Crippen molar-refractivity contribution in [2.75, 3.05) is 0 Å². The number of benzene rings is 1. The summed E-state index contributed by atoms with van der Waals surface area (Å²) in [6.07, 6.45) is 1.70. The summed E-state index contributed by atoms with van der Waals surface area (Å²) in [5.41, 5.74) is 1.77. The standard InChI is InChI=1S/C11H12ClNO/c1-8(12)6-7-11-13-9-4-2-3-5-10(9)14-11/h2-5,8H,6-7H2,1H3. The first-order valence-corrected chi connectivity index (χ1v) is 5.18. The number of oxazole rings is 1. The van der Waals surface area contributed by atoms with E-state index in [1.807, 2.05) is 31.2 Å². The number of hydrogen-bond donors (Lipinski definition) is 0. The largest absolute Gasteiger partial charge is 0.441 e. The number of rotatable bonds is 3. The predicted octanol–water partition coefficient (Wildman–Crippen LogP) is 3.39. The van der Waals surface area contributed by atoms with Crippen molar-refractivity contribution in [2.45, 2.75) is 25.1 Å². The van der Waals surface area contributed by atoms with Gasteiger partial charge in [0, 0.05) is 11.8 Å². The Kier molecular flexibility index (Phi) is 2.73. The van der Waals surface area contributed by atoms with Crippen molar-refractivity contribution >= 4 is 22.7 Å². The van der Waals surface area contributed by atoms with Gasteiger partial charge in [0.05, 0.1) is 0 Å². The minimum Gasteiger partial charge on any atom is -0.441 e. The highest BCUT2D eigenvalue weighted by Crippen LogP contribution is 2.16. The normalized spacial score (nSPS) is 13.3. The molecule has 0 radical (unpaired) electrons. The summed E-state index contributed by atoms with van der Waals surface area (Å²) in [5, 5.41) is 0.171. The minimum atomic E-state index is 0.171. The van der Waals surface area contributed by atoms with Gasteiger partial charge in [-0.3, -0.25) is 0 Å². The molecule has 74 valence electrons. The summed E-state index contributed by atoms with van der Waals surface area (Å²) in [4.78, 5) is 4.36. The number of nitrogens with zero attached hydrogens (tertiary/aromatic N) is 1. The van der Waals surface area contributed by atoms with Crippen molar-refractivity contribution < 1.29 is 4.42 Å². The fraction of sp³-hybridized carbons (Fsp3) is 0.364. The lowest BCUT2D eigenvalue weighted by molar-refractivity contribution is 0.518. The Labute approximate surface area is 87.9 Å². The van der Waals surface area contributed by atoms with Crippen LogP contribution in [-0.2, 0) is 6.42 Å². The van der Waals surface area contributed by atoms with Crippen molar-refractivity contribution in [1.29, 1.82) is 0 Å². The molecule has 14 heavy (non-hydrogen) atoms. The Balaban J connectivity index is 2.19. The molecule has 1 aromatic heterocycles. The van der Waals surface area contributed by atoms with E-state index in [4.69, 9.17) is 16.0 Å². The molecule has 1 heterocycles. The average Bonchev–Trinajstić information content (AvgIpc) is 2.57. The summed E-state index contributed by atoms with van der Waals surface area (Å²) < 4.78 is 5.55. The van der Waals surface area contributed by atoms with Crippen LogP contribution in [0.5, 0.6) is 0 Å². The van der Waals surface area contributed by atoms with Gasteiger partial charge in [0.1, 0.15) is 5.52 Å². The molecule has 0 saturated carbocycles. The molecule has 0 fully saturated rings. The Hall–Kier alpha value is -1.02. The Morgan fingerprint density at radius 3 is 2.93 bits per heavy atom. The molecule has 0 aliphatic rings. The highest BCUT2D eigenvalue weighted by Gasteiger charge is 2.05. The molecule has 2 nitrogen and oxygen atoms in total. The molecule has 3 heteroatoms. The molecule has 0 N–H and O–H groups in total. The maximum atomic E-state index is 5.86. The number of para-hydroxylation sites is 2. The molecule has 1 atom stereocenters. The van der Waals surface area contributed by atoms with Gasteiger partial charge in [0.15, 0.2) is 11.5 Å². The molecule has 1 unspecified atom stereocenters. The van der Waals surface area contributed by atoms with Crippen LogP contribution in [0, 0.1) is 0 Å². The molecule has 1 aromatic carbocycles. The van der Waals surface area contributed by atoms with Crippen LogP contribution in [0.2, 0.25) is 0 Å². The zero-order valence-corrected chi connectivity index (χ0v) is 8.79. The molecule has 0 aliphatic heterocycles. The van der Waals surface area contributed by atoms with Gasteiger partial charge in [-0.2, -0.15) is 0 Å². The number of aromatic nitrogens is 1. The van der Waals surface area contributed by atoms with E-state index in [2.05, 4.69) is 4.98 Å². The van der Waals surface area contributed by atoms with E-state index in [1.54, 1.807) is 0 Å². The topological polar surface area (TPSA) is 26.0 Å². The molecular weight excluding hydrogens is 198 g/mol. The van der Waals surface area contributed by atoms with Crippen molar-refractivity contribution in [2.24, 2.45) is 0 Å². The molecule has 0 saturated heterocycles. The van der Waals surface area contributed by atoms with Crippen LogP contribution < -0.4 is 0 Å². The maximum absolute atomic E-state index is 5.86. The lowest BCUT2D eigenvalue weighted by Crippen LogP contribution is -1.94. The van der Waals surface area contributed by atoms with Gasteiger partial charge < -0.3 is 4.42 Å². The van der Waals surface area contributed by atoms with E-state index >= 15 is 0 Å². The molecule has 2 rings (SSSR count). The Bertz CT molecular complexity index is 389. The summed E-state index contributed by atoms with van der Waals surface area (Å²) in [7, 11) is 0. The second-order valence-electron chi connectivity index (χ2n) is 3.39. The van der Waals surface area contributed by atoms with Gasteiger partial charge in [-0.15, -0.1) is 11.6 Å². The third kappa shape index (κ3) is 2.07. The third-order valence-electron chi connectivity index (χ3n) is 2.09. The Morgan fingerprint density at radius 1 is 1.43 bits per heavy atom. The number of fused-ring (bicyclic) bond motifs is 1. The second kappa shape index (κ2) is 4.01. The first-order valence-electron chi connectivity index (χ1n) is 4.74. The maximum Gasteiger partial charge on any atom is 0.195 e. The van der Waals surface area contributed by atoms with Crippen LogP contribution >= 0.6 is 11.6 Å². The van der Waals surface area contributed by atoms with Crippen LogP contribution in [0.15, 0.2) is 28.7 Å². The number of halogens is 1. The number of hydrogen-bond acceptors (Lipinski definition) is 2. The second-order valence-corrected chi connectivity index (χ2v) is 4.14. The van der Waals surface area contributed by atoms with Gasteiger partial charge >= 0.3 is 0 Å². The highest BCUT2D eigenvalue weighted by atomic mass is 35.5. The average molecular weight is 210 g/mol. The van der Waals surface area contributed by atoms with Crippen molar-refractivity contribution in [3.05, 3.63) is 30.2 Å². The molecular formula is C11H12ClNO. The van der Waals surface area contributed by atoms with Crippen LogP contribution in [0.25, 0.3) is 11.1 Å². The minimum absolute atomic E-state index is 0.171. The van der Waals surface area contributed by atoms with Crippen LogP contribution in [0.4, 0.5) is 0 Å². The zero-order valence-electron chi connectivity index (χ0n) is 8.03. The van der Waals surface area contributed by atoms with Gasteiger partial charge in [-0.1, -0.05) is 12.1 Å². The molecule has 2 aromatic rings. The van der Waals surface area contributed by atoms with Gasteiger partial charge in [0.25, 0.3) is 0 Å². The monoisotopic (exact) mass is 209 g/mol. The zero-order chi connectivity index (χ0) is 9.97. The van der Waals surface area contributed by atoms with Crippen molar-refractivity contribution in [1.82, 2.24) is 4.98 Å². The van der Waals surface area contributed by atoms with E-state index in [0.717, 1.165) is 29.8 Å². The molecule has 0 aliphatic carbocycles. The Morgan fingerprint density at radius 2 is 2.21 bits per heavy atom. The summed E-state index contributed by atoms with van der Waals surface area (Å²) in [5.74, 6) is 0.777. The van der Waals surface area contributed by atoms with E-state index in [9.17, 15) is 0 Å². The van der Waals surface area contributed by atoms with Gasteiger partial charge in [-0.25, -0.2) is 4.98 Å². The van der Waals surface area contributed by atoms with E-state index in [-0.39, 0.29) is 5.38 Å². The number of alkyl halides is 1.